The Hall–Kier alpha value is -7.63. The number of rotatable bonds is 19. The second-order valence-electron chi connectivity index (χ2n) is 25.7. The number of hydrogen-bond acceptors (Lipinski definition) is 14. The van der Waals surface area contributed by atoms with E-state index < -0.39 is 90.2 Å². The van der Waals surface area contributed by atoms with Crippen molar-refractivity contribution >= 4 is 86.1 Å². The maximum atomic E-state index is 13.5. The van der Waals surface area contributed by atoms with Crippen molar-refractivity contribution in [2.24, 2.45) is 0 Å². The fourth-order valence-corrected chi connectivity index (χ4v) is 26.8. The number of nitrogens with zero attached hydrogens (tertiary/aromatic N) is 5. The molecule has 0 saturated carbocycles. The number of carbonyl (C=O) groups excluding carboxylic acids is 2. The van der Waals surface area contributed by atoms with E-state index in [4.69, 9.17) is 18.0 Å². The summed E-state index contributed by atoms with van der Waals surface area (Å²) in [6.45, 7) is 25.6. The summed E-state index contributed by atoms with van der Waals surface area (Å²) in [4.78, 5) is 38.9. The van der Waals surface area contributed by atoms with Crippen LogP contribution in [0, 0.1) is 11.6 Å². The molecule has 0 unspecified atom stereocenters. The van der Waals surface area contributed by atoms with E-state index in [-0.39, 0.29) is 74.8 Å². The van der Waals surface area contributed by atoms with E-state index in [0.29, 0.717) is 80.6 Å². The molecule has 2 aromatic heterocycles. The van der Waals surface area contributed by atoms with E-state index in [2.05, 4.69) is 46.5 Å². The van der Waals surface area contributed by atoms with E-state index in [0.717, 1.165) is 29.3 Å². The van der Waals surface area contributed by atoms with Crippen molar-refractivity contribution in [2.45, 2.75) is 159 Å². The predicted molar refractivity (Wildman–Crippen MR) is 353 cm³/mol. The minimum Gasteiger partial charge on any atom is -0.541 e. The highest BCUT2D eigenvalue weighted by Gasteiger charge is 2.62. The van der Waals surface area contributed by atoms with Gasteiger partial charge in [-0.15, -0.1) is 3.71 Å². The quantitative estimate of drug-likeness (QED) is 0.0345. The van der Waals surface area contributed by atoms with E-state index in [1.807, 2.05) is 47.6 Å². The molecule has 5 aromatic carbocycles. The zero-order chi connectivity index (χ0) is 73.7. The first kappa shape index (κ1) is 77.7. The maximum absolute atomic E-state index is 13.5. The molecule has 0 bridgehead atoms. The molecule has 7 aromatic rings. The largest absolute Gasteiger partial charge is 0.541 e. The fraction of sp³-hybridized carbons (Fsp3) is 0.415. The number of phenols is 1. The van der Waals surface area contributed by atoms with Crippen LogP contribution in [0.1, 0.15) is 137 Å². The molecule has 2 aliphatic heterocycles. The van der Waals surface area contributed by atoms with Crippen molar-refractivity contribution in [3.05, 3.63) is 160 Å². The van der Waals surface area contributed by atoms with Crippen LogP contribution in [0.15, 0.2) is 103 Å². The molecule has 2 amide bonds. The number of sulfonamides is 2. The average molecular weight is 1480 g/mol. The summed E-state index contributed by atoms with van der Waals surface area (Å²) in [5, 5.41) is 11.8. The van der Waals surface area contributed by atoms with Crippen LogP contribution in [0.25, 0.3) is 21.8 Å². The van der Waals surface area contributed by atoms with Crippen LogP contribution in [0.4, 0.5) is 54.0 Å². The number of carbonyl (C=O) groups is 2. The highest BCUT2D eigenvalue weighted by molar-refractivity contribution is 8.11. The smallest absolute Gasteiger partial charge is 0.534 e. The highest BCUT2D eigenvalue weighted by atomic mass is 32.3. The summed E-state index contributed by atoms with van der Waals surface area (Å²) in [6.07, 6.45) is 4.03. The SMILES string of the molecule is CC(C)[Si](Oc1c2c(c(O)c3cc(Cc4ccc(F)cc4)cnc13)CN(C)C2=O)(C(C)C)C(C)C.CC(C)[Si](Oc1c2c(c(OS(=O)(=O)C(F)(F)F)c3cc(Cc4ccc(F)cc4)cnc13)CN(C)C2=O)(C(C)C)C(C)C.O=S(=O)(N(c1ccccc1)S(=O)(=O)C(F)(F)F)C(F)(F)F. The van der Waals surface area contributed by atoms with Gasteiger partial charge in [-0.05, 0) is 117 Å². The van der Waals surface area contributed by atoms with Gasteiger partial charge in [0, 0.05) is 48.4 Å². The number of hydrogen-bond donors (Lipinski definition) is 1. The van der Waals surface area contributed by atoms with Crippen LogP contribution >= 0.6 is 0 Å². The Labute approximate surface area is 563 Å². The third kappa shape index (κ3) is 15.0. The number of para-hydroxylation sites is 1. The molecule has 1 N–H and O–H groups in total. The molecule has 0 aliphatic carbocycles. The van der Waals surface area contributed by atoms with Crippen molar-refractivity contribution in [3.63, 3.8) is 0 Å². The molecular weight excluding hydrogens is 1400 g/mol. The second kappa shape index (κ2) is 28.5. The van der Waals surface area contributed by atoms with E-state index in [1.165, 1.54) is 48.5 Å². The summed E-state index contributed by atoms with van der Waals surface area (Å²) < 4.78 is 228. The molecule has 4 heterocycles. The summed E-state index contributed by atoms with van der Waals surface area (Å²) in [6, 6.07) is 19.3. The number of fused-ring (bicyclic) bond motifs is 4. The van der Waals surface area contributed by atoms with Crippen molar-refractivity contribution in [1.82, 2.24) is 19.8 Å². The lowest BCUT2D eigenvalue weighted by molar-refractivity contribution is -0.0501. The van der Waals surface area contributed by atoms with Gasteiger partial charge in [0.15, 0.2) is 5.75 Å². The number of benzene rings is 5. The molecule has 0 saturated heterocycles. The van der Waals surface area contributed by atoms with Crippen LogP contribution in [-0.4, -0.2) is 109 Å². The third-order valence-electron chi connectivity index (χ3n) is 17.4. The first-order chi connectivity index (χ1) is 45.1. The summed E-state index contributed by atoms with van der Waals surface area (Å²) in [5.41, 5.74) is -13.7. The van der Waals surface area contributed by atoms with Gasteiger partial charge in [0.1, 0.15) is 39.9 Å². The number of amides is 2. The Morgan fingerprint density at radius 1 is 0.500 bits per heavy atom. The molecule has 0 spiro atoms. The van der Waals surface area contributed by atoms with Crippen LogP contribution in [0.3, 0.4) is 0 Å². The first-order valence-corrected chi connectivity index (χ1v) is 39.2. The van der Waals surface area contributed by atoms with Gasteiger partial charge < -0.3 is 27.9 Å². The molecular formula is C65H74F11N5O12S3Si2. The Bertz CT molecular complexity index is 4400. The van der Waals surface area contributed by atoms with Crippen molar-refractivity contribution in [3.8, 4) is 23.0 Å². The average Bonchev–Trinajstić information content (AvgIpc) is 1.35. The second-order valence-corrected chi connectivity index (χ2v) is 41.8. The van der Waals surface area contributed by atoms with Gasteiger partial charge in [-0.2, -0.15) is 64.8 Å². The lowest BCUT2D eigenvalue weighted by Crippen LogP contribution is -2.51. The van der Waals surface area contributed by atoms with Gasteiger partial charge in [0.2, 0.25) is 0 Å². The zero-order valence-electron chi connectivity index (χ0n) is 55.7. The van der Waals surface area contributed by atoms with Crippen molar-refractivity contribution in [2.75, 3.05) is 17.8 Å². The monoisotopic (exact) mass is 1480 g/mol. The molecule has 33 heteroatoms. The van der Waals surface area contributed by atoms with E-state index in [9.17, 15) is 88.2 Å². The van der Waals surface area contributed by atoms with Gasteiger partial charge in [0.25, 0.3) is 28.4 Å². The van der Waals surface area contributed by atoms with Gasteiger partial charge in [-0.3, -0.25) is 19.6 Å². The molecule has 17 nitrogen and oxygen atoms in total. The number of alkyl halides is 9. The third-order valence-corrected chi connectivity index (χ3v) is 34.0. The molecule has 0 radical (unpaired) electrons. The van der Waals surface area contributed by atoms with Gasteiger partial charge in [0.05, 0.1) is 29.9 Å². The topological polar surface area (TPSA) is 220 Å². The number of aromatic nitrogens is 2. The maximum Gasteiger partial charge on any atom is 0.534 e. The molecule has 534 valence electrons. The molecule has 0 atom stereocenters. The van der Waals surface area contributed by atoms with Crippen LogP contribution < -0.4 is 16.7 Å². The Kier molecular flexibility index (Phi) is 22.6. The van der Waals surface area contributed by atoms with Crippen LogP contribution in [0.2, 0.25) is 33.2 Å². The van der Waals surface area contributed by atoms with Crippen LogP contribution in [0.5, 0.6) is 23.0 Å². The van der Waals surface area contributed by atoms with Crippen molar-refractivity contribution in [1.29, 1.82) is 0 Å². The number of anilines is 1. The standard InChI is InChI=1S/C29H34F4N2O5SSi.C28H35FN2O3Si.C8H5F6NO4S2/c1-16(2)42(17(3)4,18(5)6)40-27-24-23(15-35(7)28(24)36)26(39-41(37,38)29(31,32)33)22-13-20(14-34-25(22)27)12-19-8-10-21(30)11-9-19;1-16(2)35(17(3)4,18(5)6)34-27-24-23(15-31(7)28(24)33)26(32)22-13-20(14-30-25(22)27)12-19-8-10-21(29)11-9-19;9-7(10,11)20(16,17)15(6-4-2-1-3-5-6)21(18,19)8(12,13)14/h8-11,13-14,16-18H,12,15H2,1-7H3;8-11,13-14,16-18,32H,12,15H2,1-7H3;1-5H. The van der Waals surface area contributed by atoms with E-state index >= 15 is 0 Å². The zero-order valence-corrected chi connectivity index (χ0v) is 60.1. The minimum absolute atomic E-state index is 0.0160. The van der Waals surface area contributed by atoms with Crippen LogP contribution in [-0.2, 0) is 56.1 Å². The lowest BCUT2D eigenvalue weighted by atomic mass is 9.99. The van der Waals surface area contributed by atoms with Gasteiger partial charge in [-0.1, -0.05) is 126 Å². The summed E-state index contributed by atoms with van der Waals surface area (Å²) >= 11 is 0. The fourth-order valence-electron chi connectivity index (χ4n) is 13.1. The number of phenolic OH excluding ortho intramolecular Hbond substituents is 1. The van der Waals surface area contributed by atoms with Crippen molar-refractivity contribution < 1.29 is 101 Å². The normalized spacial score (nSPS) is 14.2. The summed E-state index contributed by atoms with van der Waals surface area (Å²) in [7, 11) is -21.7. The minimum atomic E-state index is -6.81. The predicted octanol–water partition coefficient (Wildman–Crippen LogP) is 16.3. The van der Waals surface area contributed by atoms with E-state index in [1.54, 1.807) is 42.4 Å². The van der Waals surface area contributed by atoms with Gasteiger partial charge >= 0.3 is 46.7 Å². The number of aromatic hydroxyl groups is 1. The number of pyridine rings is 2. The Balaban J connectivity index is 0.000000218. The Morgan fingerprint density at radius 2 is 0.847 bits per heavy atom. The molecule has 9 rings (SSSR count). The Morgan fingerprint density at radius 3 is 1.20 bits per heavy atom. The summed E-state index contributed by atoms with van der Waals surface area (Å²) in [5.74, 6) is -1.28. The lowest BCUT2D eigenvalue weighted by Gasteiger charge is -2.42. The highest BCUT2D eigenvalue weighted by Crippen LogP contribution is 2.52. The van der Waals surface area contributed by atoms with Gasteiger partial charge in [-0.25, -0.2) is 8.78 Å². The molecule has 0 fully saturated rings. The number of halogens is 11. The molecule has 98 heavy (non-hydrogen) atoms. The molecule has 2 aliphatic rings. The first-order valence-electron chi connectivity index (χ1n) is 30.6.